The molecule has 0 atom stereocenters. The Labute approximate surface area is 135 Å². The first-order valence-corrected chi connectivity index (χ1v) is 7.94. The van der Waals surface area contributed by atoms with Crippen LogP contribution < -0.4 is 0 Å². The lowest BCUT2D eigenvalue weighted by atomic mass is 10.0. The molecule has 1 fully saturated rings. The Kier molecular flexibility index (Phi) is 4.21. The van der Waals surface area contributed by atoms with Gasteiger partial charge in [0.05, 0.1) is 11.6 Å². The smallest absolute Gasteiger partial charge is 0.256 e. The number of hydrogen-bond donors (Lipinski definition) is 0. The maximum Gasteiger partial charge on any atom is 0.256 e. The summed E-state index contributed by atoms with van der Waals surface area (Å²) in [6.45, 7) is 3.59. The fourth-order valence-electron chi connectivity index (χ4n) is 2.05. The monoisotopic (exact) mass is 432 g/mol. The highest BCUT2D eigenvalue weighted by Gasteiger charge is 2.42. The number of nitriles is 1. The van der Waals surface area contributed by atoms with Crippen molar-refractivity contribution in [2.45, 2.75) is 38.3 Å². The van der Waals surface area contributed by atoms with Gasteiger partial charge in [0, 0.05) is 14.1 Å². The molecule has 1 aliphatic carbocycles. The van der Waals surface area contributed by atoms with Gasteiger partial charge in [0.25, 0.3) is 5.91 Å². The van der Waals surface area contributed by atoms with E-state index in [1.165, 1.54) is 0 Å². The molecule has 100 valence electrons. The molecule has 0 bridgehead atoms. The number of carbonyl (C=O) groups excluding carboxylic acids is 1. The average Bonchev–Trinajstić information content (AvgIpc) is 3.16. The Morgan fingerprint density at radius 3 is 2.68 bits per heavy atom. The third kappa shape index (κ3) is 3.11. The Morgan fingerprint density at radius 1 is 1.53 bits per heavy atom. The topological polar surface area (TPSA) is 44.1 Å². The first-order chi connectivity index (χ1) is 8.86. The molecule has 1 aromatic carbocycles. The minimum atomic E-state index is -0.779. The quantitative estimate of drug-likeness (QED) is 0.678. The van der Waals surface area contributed by atoms with E-state index in [0.717, 1.165) is 20.9 Å². The van der Waals surface area contributed by atoms with Crippen molar-refractivity contribution in [1.29, 1.82) is 5.26 Å². The van der Waals surface area contributed by atoms with E-state index < -0.39 is 5.54 Å². The molecule has 0 N–H and O–H groups in total. The van der Waals surface area contributed by atoms with Crippen LogP contribution in [0.25, 0.3) is 0 Å². The molecule has 0 radical (unpaired) electrons. The van der Waals surface area contributed by atoms with E-state index in [1.807, 2.05) is 18.2 Å². The lowest BCUT2D eigenvalue weighted by molar-refractivity contribution is 0.0614. The molecular weight excluding hydrogens is 419 g/mol. The maximum absolute atomic E-state index is 12.7. The van der Waals surface area contributed by atoms with Crippen molar-refractivity contribution >= 4 is 44.4 Å². The lowest BCUT2D eigenvalue weighted by Crippen LogP contribution is -2.48. The highest BCUT2D eigenvalue weighted by Crippen LogP contribution is 2.35. The van der Waals surface area contributed by atoms with Gasteiger partial charge in [0.1, 0.15) is 5.54 Å². The number of hydrogen-bond acceptors (Lipinski definition) is 2. The Morgan fingerprint density at radius 2 is 2.16 bits per heavy atom. The Bertz CT molecular complexity index is 561. The third-order valence-corrected chi connectivity index (χ3v) is 4.53. The van der Waals surface area contributed by atoms with Crippen LogP contribution in [0.15, 0.2) is 22.7 Å². The van der Waals surface area contributed by atoms with Gasteiger partial charge in [-0.05, 0) is 83.4 Å². The second-order valence-corrected chi connectivity index (χ2v) is 7.30. The molecule has 0 aromatic heterocycles. The predicted molar refractivity (Wildman–Crippen MR) is 85.7 cm³/mol. The highest BCUT2D eigenvalue weighted by atomic mass is 127. The van der Waals surface area contributed by atoms with Crippen LogP contribution in [-0.2, 0) is 0 Å². The molecule has 5 heteroatoms. The SMILES string of the molecule is CC(C)(C#N)N(C(=O)c1cc(I)ccc1Br)C1CC1. The van der Waals surface area contributed by atoms with Crippen LogP contribution >= 0.6 is 38.5 Å². The predicted octanol–water partition coefficient (Wildman–Crippen LogP) is 3.96. The molecule has 0 unspecified atom stereocenters. The van der Waals surface area contributed by atoms with Crippen molar-refractivity contribution in [1.82, 2.24) is 4.90 Å². The summed E-state index contributed by atoms with van der Waals surface area (Å²) < 4.78 is 1.78. The van der Waals surface area contributed by atoms with Crippen LogP contribution in [0, 0.1) is 14.9 Å². The van der Waals surface area contributed by atoms with Gasteiger partial charge in [0.2, 0.25) is 0 Å². The van der Waals surface area contributed by atoms with Crippen molar-refractivity contribution in [2.75, 3.05) is 0 Å². The summed E-state index contributed by atoms with van der Waals surface area (Å²) in [5.74, 6) is -0.0700. The van der Waals surface area contributed by atoms with Crippen molar-refractivity contribution in [3.05, 3.63) is 31.8 Å². The fourth-order valence-corrected chi connectivity index (χ4v) is 2.96. The molecule has 1 saturated carbocycles. The van der Waals surface area contributed by atoms with Gasteiger partial charge in [-0.1, -0.05) is 0 Å². The van der Waals surface area contributed by atoms with E-state index in [1.54, 1.807) is 18.7 Å². The van der Waals surface area contributed by atoms with E-state index in [4.69, 9.17) is 0 Å². The number of rotatable bonds is 3. The molecule has 0 heterocycles. The van der Waals surface area contributed by atoms with Crippen LogP contribution in [0.4, 0.5) is 0 Å². The molecule has 1 aromatic rings. The lowest BCUT2D eigenvalue weighted by Gasteiger charge is -2.33. The van der Waals surface area contributed by atoms with Crippen molar-refractivity contribution in [3.8, 4) is 6.07 Å². The summed E-state index contributed by atoms with van der Waals surface area (Å²) in [5, 5.41) is 9.30. The second kappa shape index (κ2) is 5.41. The van der Waals surface area contributed by atoms with Crippen molar-refractivity contribution < 1.29 is 4.79 Å². The molecule has 19 heavy (non-hydrogen) atoms. The summed E-state index contributed by atoms with van der Waals surface area (Å²) in [6, 6.07) is 8.11. The minimum absolute atomic E-state index is 0.0700. The van der Waals surface area contributed by atoms with Gasteiger partial charge in [-0.3, -0.25) is 4.79 Å². The molecule has 1 amide bonds. The molecular formula is C14H14BrIN2O. The largest absolute Gasteiger partial charge is 0.317 e. The number of halogens is 2. The van der Waals surface area contributed by atoms with Crippen LogP contribution in [0.1, 0.15) is 37.0 Å². The van der Waals surface area contributed by atoms with Crippen LogP contribution in [0.5, 0.6) is 0 Å². The van der Waals surface area contributed by atoms with Gasteiger partial charge in [-0.15, -0.1) is 0 Å². The van der Waals surface area contributed by atoms with Crippen LogP contribution in [0.3, 0.4) is 0 Å². The van der Waals surface area contributed by atoms with E-state index in [-0.39, 0.29) is 11.9 Å². The van der Waals surface area contributed by atoms with Crippen molar-refractivity contribution in [2.24, 2.45) is 0 Å². The second-order valence-electron chi connectivity index (χ2n) is 5.20. The van der Waals surface area contributed by atoms with E-state index in [2.05, 4.69) is 44.6 Å². The standard InChI is InChI=1S/C14H14BrIN2O/c1-14(2,8-17)18(10-4-5-10)13(19)11-7-9(16)3-6-12(11)15/h3,6-7,10H,4-5H2,1-2H3. The average molecular weight is 433 g/mol. The minimum Gasteiger partial charge on any atom is -0.317 e. The van der Waals surface area contributed by atoms with E-state index in [0.29, 0.717) is 5.56 Å². The van der Waals surface area contributed by atoms with Gasteiger partial charge in [-0.25, -0.2) is 0 Å². The summed E-state index contributed by atoms with van der Waals surface area (Å²) in [7, 11) is 0. The van der Waals surface area contributed by atoms with Crippen molar-refractivity contribution in [3.63, 3.8) is 0 Å². The number of carbonyl (C=O) groups is 1. The molecule has 0 spiro atoms. The van der Waals surface area contributed by atoms with Crippen LogP contribution in [0.2, 0.25) is 0 Å². The summed E-state index contributed by atoms with van der Waals surface area (Å²) in [4.78, 5) is 14.5. The third-order valence-electron chi connectivity index (χ3n) is 3.17. The first kappa shape index (κ1) is 14.8. The molecule has 0 aliphatic heterocycles. The van der Waals surface area contributed by atoms with Gasteiger partial charge >= 0.3 is 0 Å². The normalized spacial score (nSPS) is 14.9. The first-order valence-electron chi connectivity index (χ1n) is 6.07. The zero-order valence-electron chi connectivity index (χ0n) is 10.8. The van der Waals surface area contributed by atoms with Gasteiger partial charge < -0.3 is 4.90 Å². The fraction of sp³-hybridized carbons (Fsp3) is 0.429. The number of benzene rings is 1. The Hall–Kier alpha value is -0.610. The van der Waals surface area contributed by atoms with E-state index in [9.17, 15) is 10.1 Å². The molecule has 2 rings (SSSR count). The number of nitrogens with zero attached hydrogens (tertiary/aromatic N) is 2. The zero-order chi connectivity index (χ0) is 14.2. The molecule has 0 saturated heterocycles. The molecule has 1 aliphatic rings. The highest BCUT2D eigenvalue weighted by molar-refractivity contribution is 14.1. The Balaban J connectivity index is 2.41. The van der Waals surface area contributed by atoms with Gasteiger partial charge in [-0.2, -0.15) is 5.26 Å². The van der Waals surface area contributed by atoms with E-state index >= 15 is 0 Å². The summed E-state index contributed by atoms with van der Waals surface area (Å²) in [6.07, 6.45) is 1.97. The zero-order valence-corrected chi connectivity index (χ0v) is 14.5. The van der Waals surface area contributed by atoms with Crippen LogP contribution in [-0.4, -0.2) is 22.4 Å². The maximum atomic E-state index is 12.7. The summed E-state index contributed by atoms with van der Waals surface area (Å²) >= 11 is 5.61. The summed E-state index contributed by atoms with van der Waals surface area (Å²) in [5.41, 5.74) is -0.152. The number of amides is 1. The molecule has 3 nitrogen and oxygen atoms in total. The van der Waals surface area contributed by atoms with Gasteiger partial charge in [0.15, 0.2) is 0 Å².